The van der Waals surface area contributed by atoms with Crippen LogP contribution in [0.15, 0.2) is 0 Å². The number of carbonyl (C=O) groups excluding carboxylic acids is 1. The Labute approximate surface area is 73.4 Å². The van der Waals surface area contributed by atoms with Gasteiger partial charge in [0.05, 0.1) is 0 Å². The lowest BCUT2D eigenvalue weighted by Gasteiger charge is -2.14. The van der Waals surface area contributed by atoms with Crippen molar-refractivity contribution in [2.45, 2.75) is 31.4 Å². The van der Waals surface area contributed by atoms with Gasteiger partial charge in [-0.1, -0.05) is 6.92 Å². The van der Waals surface area contributed by atoms with Crippen LogP contribution in [-0.4, -0.2) is 29.1 Å². The molecule has 11 heavy (non-hydrogen) atoms. The summed E-state index contributed by atoms with van der Waals surface area (Å²) in [7, 11) is 0. The van der Waals surface area contributed by atoms with E-state index in [0.717, 1.165) is 25.9 Å². The summed E-state index contributed by atoms with van der Waals surface area (Å²) in [5, 5.41) is 0.413. The van der Waals surface area contributed by atoms with E-state index in [0.29, 0.717) is 17.6 Å². The summed E-state index contributed by atoms with van der Waals surface area (Å²) in [5.41, 5.74) is 0. The van der Waals surface area contributed by atoms with E-state index in [-0.39, 0.29) is 0 Å². The van der Waals surface area contributed by atoms with Crippen molar-refractivity contribution in [1.29, 1.82) is 0 Å². The van der Waals surface area contributed by atoms with Crippen LogP contribution in [0.4, 0.5) is 0 Å². The smallest absolute Gasteiger partial charge is 0.222 e. The van der Waals surface area contributed by atoms with Crippen molar-refractivity contribution in [3.8, 4) is 0 Å². The first-order chi connectivity index (χ1) is 5.24. The molecular weight excluding hydrogens is 158 g/mol. The number of nitrogens with zero attached hydrogens (tertiary/aromatic N) is 1. The Balaban J connectivity index is 2.31. The van der Waals surface area contributed by atoms with Gasteiger partial charge < -0.3 is 4.90 Å². The monoisotopic (exact) mass is 173 g/mol. The molecule has 0 aromatic heterocycles. The molecule has 0 aromatic carbocycles. The molecule has 0 spiro atoms. The summed E-state index contributed by atoms with van der Waals surface area (Å²) in [6.07, 6.45) is 2.70. The van der Waals surface area contributed by atoms with Crippen LogP contribution in [0, 0.1) is 0 Å². The molecule has 1 rings (SSSR count). The molecule has 0 saturated carbocycles. The Morgan fingerprint density at radius 1 is 1.73 bits per heavy atom. The van der Waals surface area contributed by atoms with Crippen LogP contribution >= 0.6 is 12.6 Å². The first-order valence-electron chi connectivity index (χ1n) is 4.20. The second kappa shape index (κ2) is 4.00. The fourth-order valence-corrected chi connectivity index (χ4v) is 1.65. The summed E-state index contributed by atoms with van der Waals surface area (Å²) in [6.45, 7) is 3.79. The van der Waals surface area contributed by atoms with E-state index in [9.17, 15) is 4.79 Å². The molecule has 1 saturated heterocycles. The molecule has 0 bridgehead atoms. The molecule has 1 aliphatic rings. The summed E-state index contributed by atoms with van der Waals surface area (Å²) in [6, 6.07) is 0. The van der Waals surface area contributed by atoms with Crippen molar-refractivity contribution < 1.29 is 4.79 Å². The van der Waals surface area contributed by atoms with Crippen LogP contribution in [0.1, 0.15) is 26.2 Å². The second-order valence-electron chi connectivity index (χ2n) is 3.03. The zero-order valence-electron chi connectivity index (χ0n) is 6.92. The Morgan fingerprint density at radius 2 is 2.45 bits per heavy atom. The Kier molecular flexibility index (Phi) is 3.24. The van der Waals surface area contributed by atoms with Crippen LogP contribution in [-0.2, 0) is 4.79 Å². The average Bonchev–Trinajstić information content (AvgIpc) is 2.36. The van der Waals surface area contributed by atoms with Gasteiger partial charge >= 0.3 is 0 Å². The third-order valence-electron chi connectivity index (χ3n) is 1.98. The topological polar surface area (TPSA) is 20.3 Å². The fourth-order valence-electron chi connectivity index (χ4n) is 1.34. The highest BCUT2D eigenvalue weighted by molar-refractivity contribution is 7.81. The fraction of sp³-hybridized carbons (Fsp3) is 0.875. The molecule has 1 aliphatic heterocycles. The third kappa shape index (κ3) is 2.40. The van der Waals surface area contributed by atoms with Crippen molar-refractivity contribution in [2.75, 3.05) is 13.1 Å². The van der Waals surface area contributed by atoms with Crippen molar-refractivity contribution in [1.82, 2.24) is 4.90 Å². The van der Waals surface area contributed by atoms with Gasteiger partial charge in [-0.05, 0) is 12.8 Å². The van der Waals surface area contributed by atoms with Gasteiger partial charge in [0, 0.05) is 24.8 Å². The second-order valence-corrected chi connectivity index (χ2v) is 3.76. The van der Waals surface area contributed by atoms with Gasteiger partial charge in [0.25, 0.3) is 0 Å². The number of amides is 1. The minimum Gasteiger partial charge on any atom is -0.342 e. The summed E-state index contributed by atoms with van der Waals surface area (Å²) in [4.78, 5) is 13.2. The molecule has 0 N–H and O–H groups in total. The zero-order valence-corrected chi connectivity index (χ0v) is 7.81. The molecule has 64 valence electrons. The van der Waals surface area contributed by atoms with Gasteiger partial charge in [-0.25, -0.2) is 0 Å². The lowest BCUT2D eigenvalue weighted by Crippen LogP contribution is -2.28. The van der Waals surface area contributed by atoms with E-state index in [1.807, 2.05) is 11.8 Å². The number of hydrogen-bond donors (Lipinski definition) is 1. The molecule has 1 atom stereocenters. The van der Waals surface area contributed by atoms with E-state index in [1.165, 1.54) is 0 Å². The van der Waals surface area contributed by atoms with Crippen molar-refractivity contribution >= 4 is 18.5 Å². The van der Waals surface area contributed by atoms with Crippen molar-refractivity contribution in [3.63, 3.8) is 0 Å². The Bertz CT molecular complexity index is 149. The lowest BCUT2D eigenvalue weighted by atomic mass is 10.3. The number of carbonyl (C=O) groups is 1. The SMILES string of the molecule is CCCC(=O)N1CCC(S)C1. The molecule has 3 heteroatoms. The van der Waals surface area contributed by atoms with E-state index >= 15 is 0 Å². The van der Waals surface area contributed by atoms with Gasteiger partial charge in [0.15, 0.2) is 0 Å². The van der Waals surface area contributed by atoms with E-state index < -0.39 is 0 Å². The first-order valence-corrected chi connectivity index (χ1v) is 4.71. The summed E-state index contributed by atoms with van der Waals surface area (Å²) in [5.74, 6) is 0.295. The molecule has 1 heterocycles. The maximum atomic E-state index is 11.3. The van der Waals surface area contributed by atoms with Crippen LogP contribution in [0.3, 0.4) is 0 Å². The van der Waals surface area contributed by atoms with Crippen LogP contribution in [0.2, 0.25) is 0 Å². The van der Waals surface area contributed by atoms with E-state index in [1.54, 1.807) is 0 Å². The average molecular weight is 173 g/mol. The predicted octanol–water partition coefficient (Wildman–Crippen LogP) is 1.32. The molecule has 0 aromatic rings. The largest absolute Gasteiger partial charge is 0.342 e. The number of hydrogen-bond acceptors (Lipinski definition) is 2. The van der Waals surface area contributed by atoms with Crippen LogP contribution in [0.25, 0.3) is 0 Å². The molecule has 1 amide bonds. The van der Waals surface area contributed by atoms with Gasteiger partial charge in [0.1, 0.15) is 0 Å². The highest BCUT2D eigenvalue weighted by Gasteiger charge is 2.22. The highest BCUT2D eigenvalue weighted by Crippen LogP contribution is 2.15. The lowest BCUT2D eigenvalue weighted by molar-refractivity contribution is -0.130. The normalized spacial score (nSPS) is 24.2. The molecule has 1 unspecified atom stereocenters. The van der Waals surface area contributed by atoms with Crippen LogP contribution in [0.5, 0.6) is 0 Å². The molecule has 0 radical (unpaired) electrons. The summed E-state index contributed by atoms with van der Waals surface area (Å²) >= 11 is 4.32. The maximum Gasteiger partial charge on any atom is 0.222 e. The maximum absolute atomic E-state index is 11.3. The van der Waals surface area contributed by atoms with Crippen molar-refractivity contribution in [2.24, 2.45) is 0 Å². The Morgan fingerprint density at radius 3 is 2.91 bits per heavy atom. The summed E-state index contributed by atoms with van der Waals surface area (Å²) < 4.78 is 0. The standard InChI is InChI=1S/C8H15NOS/c1-2-3-8(10)9-5-4-7(11)6-9/h7,11H,2-6H2,1H3. The zero-order chi connectivity index (χ0) is 8.27. The molecule has 2 nitrogen and oxygen atoms in total. The number of thiol groups is 1. The van der Waals surface area contributed by atoms with Crippen LogP contribution < -0.4 is 0 Å². The van der Waals surface area contributed by atoms with Gasteiger partial charge in [-0.3, -0.25) is 4.79 Å². The molecular formula is C8H15NOS. The molecule has 0 aliphatic carbocycles. The van der Waals surface area contributed by atoms with Gasteiger partial charge in [0.2, 0.25) is 5.91 Å². The minimum absolute atomic E-state index is 0.295. The first kappa shape index (κ1) is 8.91. The predicted molar refractivity (Wildman–Crippen MR) is 48.9 cm³/mol. The van der Waals surface area contributed by atoms with Crippen molar-refractivity contribution in [3.05, 3.63) is 0 Å². The van der Waals surface area contributed by atoms with Gasteiger partial charge in [-0.2, -0.15) is 12.6 Å². The third-order valence-corrected chi connectivity index (χ3v) is 2.40. The molecule has 1 fully saturated rings. The number of rotatable bonds is 2. The minimum atomic E-state index is 0.295. The highest BCUT2D eigenvalue weighted by atomic mass is 32.1. The van der Waals surface area contributed by atoms with E-state index in [2.05, 4.69) is 12.6 Å². The van der Waals surface area contributed by atoms with E-state index in [4.69, 9.17) is 0 Å². The quantitative estimate of drug-likeness (QED) is 0.624. The number of likely N-dealkylation sites (tertiary alicyclic amines) is 1. The Hall–Kier alpha value is -0.180. The van der Waals surface area contributed by atoms with Gasteiger partial charge in [-0.15, -0.1) is 0 Å².